The van der Waals surface area contributed by atoms with Gasteiger partial charge in [0.1, 0.15) is 0 Å². The number of benzene rings is 2. The van der Waals surface area contributed by atoms with Gasteiger partial charge >= 0.3 is 6.18 Å². The molecule has 2 aromatic carbocycles. The van der Waals surface area contributed by atoms with E-state index >= 15 is 0 Å². The summed E-state index contributed by atoms with van der Waals surface area (Å²) in [5, 5.41) is 17.9. The van der Waals surface area contributed by atoms with Crippen molar-refractivity contribution < 1.29 is 27.4 Å². The zero-order valence-electron chi connectivity index (χ0n) is 19.4. The zero-order chi connectivity index (χ0) is 25.3. The van der Waals surface area contributed by atoms with E-state index in [1.807, 2.05) is 6.92 Å². The Morgan fingerprint density at radius 1 is 1.03 bits per heavy atom. The van der Waals surface area contributed by atoms with Crippen LogP contribution in [-0.2, 0) is 22.7 Å². The second kappa shape index (κ2) is 12.3. The Labute approximate surface area is 200 Å². The maximum absolute atomic E-state index is 12.9. The van der Waals surface area contributed by atoms with Gasteiger partial charge in [-0.1, -0.05) is 6.92 Å². The number of aromatic nitrogens is 4. The summed E-state index contributed by atoms with van der Waals surface area (Å²) in [5.74, 6) is -0.0611. The fourth-order valence-corrected chi connectivity index (χ4v) is 3.07. The Hall–Kier alpha value is -3.51. The Bertz CT molecular complexity index is 1100. The van der Waals surface area contributed by atoms with Gasteiger partial charge < -0.3 is 20.1 Å². The van der Waals surface area contributed by atoms with Crippen LogP contribution < -0.4 is 10.6 Å². The van der Waals surface area contributed by atoms with Crippen LogP contribution in [0.2, 0.25) is 0 Å². The predicted molar refractivity (Wildman–Crippen MR) is 123 cm³/mol. The quantitative estimate of drug-likeness (QED) is 0.371. The number of ether oxygens (including phenoxy) is 2. The Morgan fingerprint density at radius 2 is 1.74 bits per heavy atom. The fraction of sp³-hybridized carbons (Fsp3) is 0.391. The molecule has 0 fully saturated rings. The van der Waals surface area contributed by atoms with Gasteiger partial charge in [-0.25, -0.2) is 0 Å². The van der Waals surface area contributed by atoms with Gasteiger partial charge in [-0.3, -0.25) is 4.79 Å². The molecule has 0 bridgehead atoms. The molecule has 0 unspecified atom stereocenters. The van der Waals surface area contributed by atoms with Crippen LogP contribution in [0, 0.1) is 0 Å². The summed E-state index contributed by atoms with van der Waals surface area (Å²) in [6.45, 7) is 4.32. The average Bonchev–Trinajstić information content (AvgIpc) is 3.26. The van der Waals surface area contributed by atoms with Crippen molar-refractivity contribution in [2.75, 3.05) is 38.3 Å². The van der Waals surface area contributed by atoms with Crippen molar-refractivity contribution in [1.29, 1.82) is 0 Å². The van der Waals surface area contributed by atoms with Gasteiger partial charge in [-0.15, -0.1) is 10.2 Å². The van der Waals surface area contributed by atoms with Gasteiger partial charge in [0.15, 0.2) is 0 Å². The third-order valence-electron chi connectivity index (χ3n) is 4.77. The molecule has 0 spiro atoms. The van der Waals surface area contributed by atoms with Crippen molar-refractivity contribution in [1.82, 2.24) is 25.5 Å². The number of nitrogens with one attached hydrogen (secondary N) is 2. The predicted octanol–water partition coefficient (Wildman–Crippen LogP) is 3.81. The number of amides is 1. The molecule has 0 aliphatic carbocycles. The Balaban J connectivity index is 1.68. The molecule has 3 rings (SSSR count). The molecule has 35 heavy (non-hydrogen) atoms. The molecule has 1 amide bonds. The van der Waals surface area contributed by atoms with E-state index in [0.717, 1.165) is 18.6 Å². The average molecular weight is 493 g/mol. The van der Waals surface area contributed by atoms with E-state index in [2.05, 4.69) is 26.0 Å². The molecule has 188 valence electrons. The maximum Gasteiger partial charge on any atom is 0.416 e. The van der Waals surface area contributed by atoms with Crippen LogP contribution in [0.3, 0.4) is 0 Å². The number of aryl methyl sites for hydroxylation is 1. The number of alkyl halides is 3. The molecule has 0 radical (unpaired) electrons. The highest BCUT2D eigenvalue weighted by atomic mass is 19.4. The van der Waals surface area contributed by atoms with Gasteiger partial charge in [-0.05, 0) is 54.1 Å². The van der Waals surface area contributed by atoms with Gasteiger partial charge in [0, 0.05) is 35.7 Å². The van der Waals surface area contributed by atoms with Gasteiger partial charge in [0.25, 0.3) is 5.91 Å². The van der Waals surface area contributed by atoms with Crippen LogP contribution in [-0.4, -0.2) is 59.1 Å². The smallest absolute Gasteiger partial charge is 0.379 e. The first-order chi connectivity index (χ1) is 16.8. The topological polar surface area (TPSA) is 103 Å². The van der Waals surface area contributed by atoms with Crippen molar-refractivity contribution in [2.24, 2.45) is 7.05 Å². The molecule has 0 atom stereocenters. The summed E-state index contributed by atoms with van der Waals surface area (Å²) in [6, 6.07) is 9.46. The minimum Gasteiger partial charge on any atom is -0.379 e. The number of nitrogens with zero attached hydrogens (tertiary/aromatic N) is 4. The highest BCUT2D eigenvalue weighted by Crippen LogP contribution is 2.32. The minimum absolute atomic E-state index is 0.256. The highest BCUT2D eigenvalue weighted by molar-refractivity contribution is 5.97. The van der Waals surface area contributed by atoms with Crippen LogP contribution in [0.15, 0.2) is 42.5 Å². The number of tetrazole rings is 1. The molecule has 2 N–H and O–H groups in total. The lowest BCUT2D eigenvalue weighted by Gasteiger charge is -2.13. The van der Waals surface area contributed by atoms with E-state index in [-0.39, 0.29) is 11.7 Å². The van der Waals surface area contributed by atoms with Crippen LogP contribution >= 0.6 is 0 Å². The van der Waals surface area contributed by atoms with Crippen LogP contribution in [0.1, 0.15) is 29.3 Å². The van der Waals surface area contributed by atoms with E-state index in [9.17, 15) is 18.0 Å². The Kier molecular flexibility index (Phi) is 9.15. The van der Waals surface area contributed by atoms with Crippen LogP contribution in [0.4, 0.5) is 24.5 Å². The second-order valence-electron chi connectivity index (χ2n) is 7.54. The van der Waals surface area contributed by atoms with Crippen LogP contribution in [0.25, 0.3) is 11.4 Å². The van der Waals surface area contributed by atoms with Crippen molar-refractivity contribution in [3.8, 4) is 11.4 Å². The number of rotatable bonds is 12. The van der Waals surface area contributed by atoms with E-state index in [1.54, 1.807) is 25.2 Å². The second-order valence-corrected chi connectivity index (χ2v) is 7.54. The van der Waals surface area contributed by atoms with Crippen molar-refractivity contribution in [2.45, 2.75) is 19.5 Å². The van der Waals surface area contributed by atoms with Crippen LogP contribution in [0.5, 0.6) is 0 Å². The summed E-state index contributed by atoms with van der Waals surface area (Å²) < 4.78 is 49.3. The molecule has 0 saturated heterocycles. The summed E-state index contributed by atoms with van der Waals surface area (Å²) in [4.78, 5) is 13.9. The van der Waals surface area contributed by atoms with Gasteiger partial charge in [-0.2, -0.15) is 18.0 Å². The number of hydrogen-bond acceptors (Lipinski definition) is 7. The number of hydrogen-bond donors (Lipinski definition) is 2. The maximum atomic E-state index is 12.9. The molecule has 3 aromatic rings. The van der Waals surface area contributed by atoms with E-state index in [4.69, 9.17) is 9.47 Å². The first-order valence-corrected chi connectivity index (χ1v) is 11.0. The molecule has 1 aromatic heterocycles. The number of halogens is 3. The standard InChI is InChI=1S/C23H27F3N6O3/c1-3-11-34-13-14-35-12-10-27-22(33)16-4-9-20(19(15-16)21-29-31-32(2)30-21)28-18-7-5-17(6-8-18)23(24,25)26/h4-9,15,28H,3,10-14H2,1-2H3,(H,27,33). The minimum atomic E-state index is -4.42. The number of anilines is 2. The molecule has 9 nitrogen and oxygen atoms in total. The summed E-state index contributed by atoms with van der Waals surface area (Å²) in [5.41, 5.74) is 1.01. The Morgan fingerprint density at radius 3 is 2.37 bits per heavy atom. The molecular formula is C23H27F3N6O3. The van der Waals surface area contributed by atoms with Crippen molar-refractivity contribution in [3.05, 3.63) is 53.6 Å². The fourth-order valence-electron chi connectivity index (χ4n) is 3.07. The third-order valence-corrected chi connectivity index (χ3v) is 4.77. The van der Waals surface area contributed by atoms with Crippen molar-refractivity contribution >= 4 is 17.3 Å². The molecule has 1 heterocycles. The zero-order valence-corrected chi connectivity index (χ0v) is 19.4. The molecule has 12 heteroatoms. The molecule has 0 aliphatic rings. The monoisotopic (exact) mass is 492 g/mol. The summed E-state index contributed by atoms with van der Waals surface area (Å²) >= 11 is 0. The lowest BCUT2D eigenvalue weighted by atomic mass is 10.1. The normalized spacial score (nSPS) is 11.5. The third kappa shape index (κ3) is 7.76. The SMILES string of the molecule is CCCOCCOCCNC(=O)c1ccc(Nc2ccc(C(F)(F)F)cc2)c(-c2nnn(C)n2)c1. The lowest BCUT2D eigenvalue weighted by Crippen LogP contribution is -2.27. The van der Waals surface area contributed by atoms with Gasteiger partial charge in [0.2, 0.25) is 5.82 Å². The van der Waals surface area contributed by atoms with Gasteiger partial charge in [0.05, 0.1) is 32.4 Å². The first kappa shape index (κ1) is 26.1. The molecular weight excluding hydrogens is 465 g/mol. The number of carbonyl (C=O) groups is 1. The summed E-state index contributed by atoms with van der Waals surface area (Å²) in [7, 11) is 1.60. The number of carbonyl (C=O) groups excluding carboxylic acids is 1. The van der Waals surface area contributed by atoms with Crippen molar-refractivity contribution in [3.63, 3.8) is 0 Å². The lowest BCUT2D eigenvalue weighted by molar-refractivity contribution is -0.137. The molecule has 0 aliphatic heterocycles. The highest BCUT2D eigenvalue weighted by Gasteiger charge is 2.30. The van der Waals surface area contributed by atoms with E-state index in [0.29, 0.717) is 55.5 Å². The summed E-state index contributed by atoms with van der Waals surface area (Å²) in [6.07, 6.45) is -3.48. The molecule has 0 saturated carbocycles. The van der Waals surface area contributed by atoms with E-state index < -0.39 is 11.7 Å². The largest absolute Gasteiger partial charge is 0.416 e. The first-order valence-electron chi connectivity index (χ1n) is 11.0. The van der Waals surface area contributed by atoms with E-state index in [1.165, 1.54) is 16.9 Å².